The first kappa shape index (κ1) is 19.3. The highest BCUT2D eigenvalue weighted by Crippen LogP contribution is 2.18. The molecule has 0 unspecified atom stereocenters. The van der Waals surface area contributed by atoms with Crippen LogP contribution in [-0.4, -0.2) is 20.1 Å². The second-order valence-corrected chi connectivity index (χ2v) is 7.77. The Morgan fingerprint density at radius 2 is 1.43 bits per heavy atom. The lowest BCUT2D eigenvalue weighted by atomic mass is 10.1. The normalized spacial score (nSPS) is 10.9. The van der Waals surface area contributed by atoms with Crippen molar-refractivity contribution in [1.29, 1.82) is 0 Å². The number of hydrogen-bond acceptors (Lipinski definition) is 4. The first-order chi connectivity index (χ1) is 13.3. The van der Waals surface area contributed by atoms with E-state index in [0.717, 1.165) is 0 Å². The third-order valence-corrected chi connectivity index (χ3v) is 5.38. The largest absolute Gasteiger partial charge is 0.322 e. The first-order valence-electron chi connectivity index (χ1n) is 8.45. The molecule has 0 heterocycles. The van der Waals surface area contributed by atoms with E-state index in [9.17, 15) is 18.0 Å². The zero-order chi connectivity index (χ0) is 20.1. The Bertz CT molecular complexity index is 1110. The van der Waals surface area contributed by atoms with Gasteiger partial charge in [-0.25, -0.2) is 8.42 Å². The molecule has 142 valence electrons. The smallest absolute Gasteiger partial charge is 0.261 e. The molecule has 0 saturated carbocycles. The molecule has 3 rings (SSSR count). The number of rotatable bonds is 6. The maximum atomic E-state index is 12.4. The van der Waals surface area contributed by atoms with E-state index >= 15 is 0 Å². The van der Waals surface area contributed by atoms with Crippen molar-refractivity contribution < 1.29 is 18.0 Å². The summed E-state index contributed by atoms with van der Waals surface area (Å²) in [4.78, 5) is 24.0. The minimum Gasteiger partial charge on any atom is -0.322 e. The summed E-state index contributed by atoms with van der Waals surface area (Å²) in [6, 6.07) is 20.7. The summed E-state index contributed by atoms with van der Waals surface area (Å²) in [6.07, 6.45) is 0. The van der Waals surface area contributed by atoms with E-state index in [0.29, 0.717) is 22.5 Å². The highest BCUT2D eigenvalue weighted by molar-refractivity contribution is 7.92. The van der Waals surface area contributed by atoms with Crippen LogP contribution in [0.1, 0.15) is 27.6 Å². The maximum Gasteiger partial charge on any atom is 0.261 e. The predicted octanol–water partition coefficient (Wildman–Crippen LogP) is 3.94. The van der Waals surface area contributed by atoms with Crippen LogP contribution in [0.25, 0.3) is 0 Å². The average molecular weight is 394 g/mol. The van der Waals surface area contributed by atoms with E-state index < -0.39 is 10.0 Å². The summed E-state index contributed by atoms with van der Waals surface area (Å²) in [5, 5.41) is 2.72. The molecule has 3 aromatic rings. The van der Waals surface area contributed by atoms with E-state index in [-0.39, 0.29) is 16.6 Å². The van der Waals surface area contributed by atoms with Gasteiger partial charge in [-0.15, -0.1) is 0 Å². The van der Waals surface area contributed by atoms with Gasteiger partial charge in [0.15, 0.2) is 5.78 Å². The first-order valence-corrected chi connectivity index (χ1v) is 9.94. The van der Waals surface area contributed by atoms with Crippen LogP contribution in [0.3, 0.4) is 0 Å². The summed E-state index contributed by atoms with van der Waals surface area (Å²) in [5.74, 6) is -0.454. The number of carbonyl (C=O) groups is 2. The SMILES string of the molecule is CC(=O)c1cccc(NC(=O)c2ccc(NS(=O)(=O)c3ccccc3)cc2)c1. The second-order valence-electron chi connectivity index (χ2n) is 6.09. The molecule has 0 aliphatic carbocycles. The van der Waals surface area contributed by atoms with Gasteiger partial charge in [-0.1, -0.05) is 30.3 Å². The monoisotopic (exact) mass is 394 g/mol. The standard InChI is InChI=1S/C21H18N2O4S/c1-15(24)17-6-5-7-19(14-17)22-21(25)16-10-12-18(13-11-16)23-28(26,27)20-8-3-2-4-9-20/h2-14,23H,1H3,(H,22,25). The Morgan fingerprint density at radius 3 is 2.07 bits per heavy atom. The van der Waals surface area contributed by atoms with E-state index in [4.69, 9.17) is 0 Å². The number of sulfonamides is 1. The number of Topliss-reactive ketones (excluding diaryl/α,β-unsaturated/α-hetero) is 1. The van der Waals surface area contributed by atoms with Crippen LogP contribution >= 0.6 is 0 Å². The van der Waals surface area contributed by atoms with Crippen molar-refractivity contribution in [3.63, 3.8) is 0 Å². The molecule has 0 aliphatic heterocycles. The fraction of sp³-hybridized carbons (Fsp3) is 0.0476. The number of benzene rings is 3. The molecule has 0 bridgehead atoms. The van der Waals surface area contributed by atoms with Crippen LogP contribution < -0.4 is 10.0 Å². The molecule has 6 nitrogen and oxygen atoms in total. The molecule has 0 aliphatic rings. The second kappa shape index (κ2) is 8.06. The number of ketones is 1. The van der Waals surface area contributed by atoms with Gasteiger partial charge in [-0.2, -0.15) is 0 Å². The number of hydrogen-bond donors (Lipinski definition) is 2. The highest BCUT2D eigenvalue weighted by Gasteiger charge is 2.14. The molecule has 0 saturated heterocycles. The van der Waals surface area contributed by atoms with Gasteiger partial charge in [0, 0.05) is 22.5 Å². The van der Waals surface area contributed by atoms with Crippen LogP contribution in [0.5, 0.6) is 0 Å². The zero-order valence-corrected chi connectivity index (χ0v) is 15.9. The molecule has 0 fully saturated rings. The van der Waals surface area contributed by atoms with Gasteiger partial charge >= 0.3 is 0 Å². The van der Waals surface area contributed by atoms with Crippen molar-refractivity contribution in [2.75, 3.05) is 10.0 Å². The minimum absolute atomic E-state index is 0.0915. The van der Waals surface area contributed by atoms with Crippen LogP contribution in [0.15, 0.2) is 83.8 Å². The summed E-state index contributed by atoms with van der Waals surface area (Å²) in [7, 11) is -3.69. The molecule has 0 aromatic heterocycles. The van der Waals surface area contributed by atoms with Gasteiger partial charge < -0.3 is 5.32 Å². The quantitative estimate of drug-likeness (QED) is 0.620. The lowest BCUT2D eigenvalue weighted by Gasteiger charge is -2.09. The molecular weight excluding hydrogens is 376 g/mol. The maximum absolute atomic E-state index is 12.4. The summed E-state index contributed by atoms with van der Waals surface area (Å²) in [5.41, 5.74) is 1.71. The van der Waals surface area contributed by atoms with Crippen molar-refractivity contribution in [2.24, 2.45) is 0 Å². The number of nitrogens with one attached hydrogen (secondary N) is 2. The van der Waals surface area contributed by atoms with E-state index in [1.54, 1.807) is 42.5 Å². The number of carbonyl (C=O) groups excluding carboxylic acids is 2. The molecule has 28 heavy (non-hydrogen) atoms. The molecule has 3 aromatic carbocycles. The Morgan fingerprint density at radius 1 is 0.750 bits per heavy atom. The molecule has 2 N–H and O–H groups in total. The molecule has 0 spiro atoms. The minimum atomic E-state index is -3.69. The molecule has 0 radical (unpaired) electrons. The average Bonchev–Trinajstić information content (AvgIpc) is 2.69. The van der Waals surface area contributed by atoms with Gasteiger partial charge in [0.2, 0.25) is 0 Å². The Kier molecular flexibility index (Phi) is 5.56. The van der Waals surface area contributed by atoms with Gasteiger partial charge in [0.25, 0.3) is 15.9 Å². The topological polar surface area (TPSA) is 92.3 Å². The van der Waals surface area contributed by atoms with Crippen molar-refractivity contribution >= 4 is 33.1 Å². The summed E-state index contributed by atoms with van der Waals surface area (Å²) in [6.45, 7) is 1.45. The molecule has 0 atom stereocenters. The third-order valence-electron chi connectivity index (χ3n) is 3.98. The van der Waals surface area contributed by atoms with Crippen LogP contribution in [0.4, 0.5) is 11.4 Å². The lowest BCUT2D eigenvalue weighted by molar-refractivity contribution is 0.101. The predicted molar refractivity (Wildman–Crippen MR) is 108 cm³/mol. The number of anilines is 2. The fourth-order valence-electron chi connectivity index (χ4n) is 2.52. The summed E-state index contributed by atoms with van der Waals surface area (Å²) < 4.78 is 27.1. The van der Waals surface area contributed by atoms with E-state index in [1.165, 1.54) is 43.3 Å². The number of amides is 1. The molecular formula is C21H18N2O4S. The Balaban J connectivity index is 1.71. The Hall–Kier alpha value is -3.45. The van der Waals surface area contributed by atoms with Crippen LogP contribution in [0, 0.1) is 0 Å². The van der Waals surface area contributed by atoms with Gasteiger partial charge in [0.1, 0.15) is 0 Å². The highest BCUT2D eigenvalue weighted by atomic mass is 32.2. The molecule has 7 heteroatoms. The van der Waals surface area contributed by atoms with E-state index in [1.807, 2.05) is 0 Å². The van der Waals surface area contributed by atoms with Gasteiger partial charge in [-0.3, -0.25) is 14.3 Å². The van der Waals surface area contributed by atoms with Crippen molar-refractivity contribution in [2.45, 2.75) is 11.8 Å². The molecule has 1 amide bonds. The lowest BCUT2D eigenvalue weighted by Crippen LogP contribution is -2.14. The van der Waals surface area contributed by atoms with Crippen molar-refractivity contribution in [1.82, 2.24) is 0 Å². The van der Waals surface area contributed by atoms with Crippen LogP contribution in [-0.2, 0) is 10.0 Å². The van der Waals surface area contributed by atoms with Crippen molar-refractivity contribution in [3.8, 4) is 0 Å². The zero-order valence-electron chi connectivity index (χ0n) is 15.0. The van der Waals surface area contributed by atoms with Crippen molar-refractivity contribution in [3.05, 3.63) is 90.0 Å². The van der Waals surface area contributed by atoms with Crippen LogP contribution in [0.2, 0.25) is 0 Å². The summed E-state index contributed by atoms with van der Waals surface area (Å²) >= 11 is 0. The third kappa shape index (κ3) is 4.63. The van der Waals surface area contributed by atoms with Gasteiger partial charge in [0.05, 0.1) is 4.90 Å². The fourth-order valence-corrected chi connectivity index (χ4v) is 3.60. The van der Waals surface area contributed by atoms with E-state index in [2.05, 4.69) is 10.0 Å². The van der Waals surface area contributed by atoms with Gasteiger partial charge in [-0.05, 0) is 55.5 Å². The Labute approximate surface area is 163 Å².